The Morgan fingerprint density at radius 2 is 2.00 bits per heavy atom. The van der Waals surface area contributed by atoms with Gasteiger partial charge in [-0.1, -0.05) is 34.1 Å². The fourth-order valence-corrected chi connectivity index (χ4v) is 2.29. The monoisotopic (exact) mass is 330 g/mol. The molecule has 0 saturated carbocycles. The zero-order valence-corrected chi connectivity index (χ0v) is 10.8. The van der Waals surface area contributed by atoms with E-state index >= 15 is 0 Å². The third-order valence-corrected chi connectivity index (χ3v) is 3.61. The summed E-state index contributed by atoms with van der Waals surface area (Å²) >= 11 is 6.87. The summed E-state index contributed by atoms with van der Waals surface area (Å²) in [4.78, 5) is 0. The van der Waals surface area contributed by atoms with E-state index in [4.69, 9.17) is 5.11 Å². The van der Waals surface area contributed by atoms with Crippen LogP contribution in [0.4, 0.5) is 0 Å². The zero-order chi connectivity index (χ0) is 10.8. The minimum atomic E-state index is -0.0575. The van der Waals surface area contributed by atoms with Crippen LogP contribution in [0.25, 0.3) is 11.3 Å². The predicted molar refractivity (Wildman–Crippen MR) is 65.3 cm³/mol. The first kappa shape index (κ1) is 10.9. The number of nitrogens with one attached hydrogen (secondary N) is 1. The Kier molecular flexibility index (Phi) is 3.23. The molecule has 0 atom stereocenters. The molecule has 0 fully saturated rings. The third-order valence-electron chi connectivity index (χ3n) is 2.06. The maximum Gasteiger partial charge on any atom is 0.108 e. The molecule has 2 aromatic rings. The van der Waals surface area contributed by atoms with Gasteiger partial charge in [-0.05, 0) is 22.0 Å². The molecule has 1 aromatic heterocycles. The van der Waals surface area contributed by atoms with Crippen LogP contribution >= 0.6 is 31.9 Å². The molecule has 1 aromatic carbocycles. The van der Waals surface area contributed by atoms with E-state index in [1.165, 1.54) is 0 Å². The zero-order valence-electron chi connectivity index (χ0n) is 7.67. The van der Waals surface area contributed by atoms with Crippen LogP contribution in [-0.2, 0) is 6.61 Å². The molecule has 0 saturated heterocycles. The Bertz CT molecular complexity index is 482. The molecule has 0 bridgehead atoms. The quantitative estimate of drug-likeness (QED) is 0.888. The van der Waals surface area contributed by atoms with E-state index in [9.17, 15) is 0 Å². The van der Waals surface area contributed by atoms with Gasteiger partial charge >= 0.3 is 0 Å². The van der Waals surface area contributed by atoms with Crippen molar-refractivity contribution >= 4 is 31.9 Å². The highest BCUT2D eigenvalue weighted by Crippen LogP contribution is 2.33. The van der Waals surface area contributed by atoms with Crippen molar-refractivity contribution in [3.8, 4) is 11.3 Å². The summed E-state index contributed by atoms with van der Waals surface area (Å²) in [5, 5.41) is 16.0. The molecular weight excluding hydrogens is 324 g/mol. The molecule has 2 rings (SSSR count). The Morgan fingerprint density at radius 1 is 1.27 bits per heavy atom. The topological polar surface area (TPSA) is 48.9 Å². The molecule has 0 radical (unpaired) electrons. The van der Waals surface area contributed by atoms with Crippen molar-refractivity contribution in [1.29, 1.82) is 0 Å². The van der Waals surface area contributed by atoms with Crippen LogP contribution in [0.1, 0.15) is 5.69 Å². The molecule has 0 unspecified atom stereocenters. The van der Waals surface area contributed by atoms with Gasteiger partial charge in [0.15, 0.2) is 0 Å². The number of benzene rings is 1. The van der Waals surface area contributed by atoms with Gasteiger partial charge in [-0.2, -0.15) is 5.10 Å². The lowest BCUT2D eigenvalue weighted by molar-refractivity contribution is 0.276. The number of aliphatic hydroxyl groups is 1. The standard InChI is InChI=1S/C10H8Br2N2O/c11-7-4-2-1-3-6(7)10-9(12)8(5-15)13-14-10/h1-4,15H,5H2,(H,13,14). The van der Waals surface area contributed by atoms with Gasteiger partial charge in [0, 0.05) is 10.0 Å². The summed E-state index contributed by atoms with van der Waals surface area (Å²) in [6, 6.07) is 7.81. The lowest BCUT2D eigenvalue weighted by atomic mass is 10.1. The van der Waals surface area contributed by atoms with Crippen molar-refractivity contribution in [2.24, 2.45) is 0 Å². The lowest BCUT2D eigenvalue weighted by Crippen LogP contribution is -1.82. The number of hydrogen-bond donors (Lipinski definition) is 2. The average Bonchev–Trinajstić information content (AvgIpc) is 2.60. The number of halogens is 2. The molecule has 0 spiro atoms. The van der Waals surface area contributed by atoms with Crippen LogP contribution in [0.15, 0.2) is 33.2 Å². The minimum absolute atomic E-state index is 0.0575. The second-order valence-corrected chi connectivity index (χ2v) is 4.65. The second-order valence-electron chi connectivity index (χ2n) is 3.00. The number of hydrogen-bond acceptors (Lipinski definition) is 2. The molecule has 3 nitrogen and oxygen atoms in total. The van der Waals surface area contributed by atoms with Gasteiger partial charge in [0.1, 0.15) is 5.69 Å². The van der Waals surface area contributed by atoms with E-state index < -0.39 is 0 Å². The van der Waals surface area contributed by atoms with Crippen LogP contribution < -0.4 is 0 Å². The first-order valence-electron chi connectivity index (χ1n) is 4.32. The summed E-state index contributed by atoms with van der Waals surface area (Å²) in [5.41, 5.74) is 2.47. The van der Waals surface area contributed by atoms with Crippen molar-refractivity contribution in [3.05, 3.63) is 38.9 Å². The highest BCUT2D eigenvalue weighted by Gasteiger charge is 2.13. The smallest absolute Gasteiger partial charge is 0.108 e. The highest BCUT2D eigenvalue weighted by atomic mass is 79.9. The van der Waals surface area contributed by atoms with Crippen LogP contribution in [0.2, 0.25) is 0 Å². The van der Waals surface area contributed by atoms with Gasteiger partial charge in [0.25, 0.3) is 0 Å². The fraction of sp³-hybridized carbons (Fsp3) is 0.100. The molecule has 0 aliphatic carbocycles. The van der Waals surface area contributed by atoms with E-state index in [0.717, 1.165) is 20.2 Å². The SMILES string of the molecule is OCc1[nH]nc(-c2ccccc2Br)c1Br. The number of aliphatic hydroxyl groups excluding tert-OH is 1. The summed E-state index contributed by atoms with van der Waals surface area (Å²) in [7, 11) is 0. The number of rotatable bonds is 2. The third kappa shape index (κ3) is 2.00. The van der Waals surface area contributed by atoms with E-state index in [1.807, 2.05) is 24.3 Å². The van der Waals surface area contributed by atoms with Crippen LogP contribution in [0, 0.1) is 0 Å². The van der Waals surface area contributed by atoms with Crippen molar-refractivity contribution in [1.82, 2.24) is 10.2 Å². The Labute approximate surface area is 104 Å². The predicted octanol–water partition coefficient (Wildman–Crippen LogP) is 3.09. The van der Waals surface area contributed by atoms with Crippen LogP contribution in [0.5, 0.6) is 0 Å². The van der Waals surface area contributed by atoms with Crippen molar-refractivity contribution in [2.45, 2.75) is 6.61 Å². The fourth-order valence-electron chi connectivity index (χ4n) is 1.30. The molecule has 2 N–H and O–H groups in total. The Hall–Kier alpha value is -0.650. The Balaban J connectivity index is 2.55. The van der Waals surface area contributed by atoms with Gasteiger partial charge in [-0.25, -0.2) is 0 Å². The first-order valence-corrected chi connectivity index (χ1v) is 5.91. The summed E-state index contributed by atoms with van der Waals surface area (Å²) < 4.78 is 1.78. The molecular formula is C10H8Br2N2O. The van der Waals surface area contributed by atoms with Gasteiger partial charge in [0.05, 0.1) is 16.8 Å². The maximum atomic E-state index is 9.04. The van der Waals surface area contributed by atoms with Gasteiger partial charge in [-0.15, -0.1) is 0 Å². The maximum absolute atomic E-state index is 9.04. The average molecular weight is 332 g/mol. The van der Waals surface area contributed by atoms with Crippen LogP contribution in [-0.4, -0.2) is 15.3 Å². The molecule has 15 heavy (non-hydrogen) atoms. The summed E-state index contributed by atoms with van der Waals surface area (Å²) in [6.45, 7) is -0.0575. The normalized spacial score (nSPS) is 10.6. The molecule has 1 heterocycles. The minimum Gasteiger partial charge on any atom is -0.390 e. The molecule has 78 valence electrons. The summed E-state index contributed by atoms with van der Waals surface area (Å²) in [6.07, 6.45) is 0. The number of H-pyrrole nitrogens is 1. The first-order chi connectivity index (χ1) is 7.24. The molecule has 0 aliphatic rings. The van der Waals surface area contributed by atoms with Crippen molar-refractivity contribution < 1.29 is 5.11 Å². The van der Waals surface area contributed by atoms with Crippen LogP contribution in [0.3, 0.4) is 0 Å². The summed E-state index contributed by atoms with van der Waals surface area (Å²) in [5.74, 6) is 0. The second kappa shape index (κ2) is 4.47. The molecule has 5 heteroatoms. The van der Waals surface area contributed by atoms with Crippen molar-refractivity contribution in [3.63, 3.8) is 0 Å². The lowest BCUT2D eigenvalue weighted by Gasteiger charge is -2.00. The van der Waals surface area contributed by atoms with Crippen molar-refractivity contribution in [2.75, 3.05) is 0 Å². The largest absolute Gasteiger partial charge is 0.390 e. The van der Waals surface area contributed by atoms with Gasteiger partial charge < -0.3 is 5.11 Å². The van der Waals surface area contributed by atoms with Gasteiger partial charge in [-0.3, -0.25) is 5.10 Å². The van der Waals surface area contributed by atoms with E-state index in [-0.39, 0.29) is 6.61 Å². The van der Waals surface area contributed by atoms with Gasteiger partial charge in [0.2, 0.25) is 0 Å². The van der Waals surface area contributed by atoms with E-state index in [1.54, 1.807) is 0 Å². The molecule has 0 aliphatic heterocycles. The molecule has 0 amide bonds. The van der Waals surface area contributed by atoms with E-state index in [0.29, 0.717) is 5.69 Å². The number of aromatic amines is 1. The van der Waals surface area contributed by atoms with E-state index in [2.05, 4.69) is 42.1 Å². The Morgan fingerprint density at radius 3 is 2.60 bits per heavy atom. The number of aromatic nitrogens is 2. The number of nitrogens with zero attached hydrogens (tertiary/aromatic N) is 1. The highest BCUT2D eigenvalue weighted by molar-refractivity contribution is 9.11.